The van der Waals surface area contributed by atoms with E-state index in [9.17, 15) is 4.79 Å². The van der Waals surface area contributed by atoms with E-state index in [-0.39, 0.29) is 11.8 Å². The number of amides is 1. The van der Waals surface area contributed by atoms with E-state index in [2.05, 4.69) is 27.6 Å². The lowest BCUT2D eigenvalue weighted by Gasteiger charge is -2.07. The van der Waals surface area contributed by atoms with Gasteiger partial charge in [0.2, 0.25) is 5.91 Å². The summed E-state index contributed by atoms with van der Waals surface area (Å²) in [4.78, 5) is 15.6. The first-order valence-electron chi connectivity index (χ1n) is 6.66. The molecule has 2 N–H and O–H groups in total. The molecule has 1 heterocycles. The highest BCUT2D eigenvalue weighted by molar-refractivity contribution is 5.80. The van der Waals surface area contributed by atoms with Crippen molar-refractivity contribution in [3.05, 3.63) is 12.2 Å². The number of hydrogen-bond donors (Lipinski definition) is 2. The van der Waals surface area contributed by atoms with Crippen molar-refractivity contribution in [2.75, 3.05) is 13.1 Å². The van der Waals surface area contributed by atoms with Crippen LogP contribution >= 0.6 is 0 Å². The molecule has 1 saturated carbocycles. The van der Waals surface area contributed by atoms with Gasteiger partial charge in [0.25, 0.3) is 0 Å². The highest BCUT2D eigenvalue weighted by atomic mass is 16.2. The number of rotatable bonds is 8. The largest absolute Gasteiger partial charge is 0.355 e. The van der Waals surface area contributed by atoms with Crippen molar-refractivity contribution >= 4 is 5.91 Å². The summed E-state index contributed by atoms with van der Waals surface area (Å²) in [5.74, 6) is 1.44. The lowest BCUT2D eigenvalue weighted by Crippen LogP contribution is -2.32. The van der Waals surface area contributed by atoms with E-state index < -0.39 is 0 Å². The average molecular weight is 251 g/mol. The third kappa shape index (κ3) is 3.80. The van der Waals surface area contributed by atoms with Crippen LogP contribution in [0, 0.1) is 5.92 Å². The molecule has 0 spiro atoms. The van der Waals surface area contributed by atoms with Crippen LogP contribution in [-0.2, 0) is 17.9 Å². The molecule has 1 aliphatic rings. The van der Waals surface area contributed by atoms with Crippen LogP contribution in [0.25, 0.3) is 0 Å². The molecule has 1 aromatic heterocycles. The molecule has 0 bridgehead atoms. The zero-order valence-corrected chi connectivity index (χ0v) is 10.9. The Morgan fingerprint density at radius 3 is 3.06 bits per heavy atom. The molecule has 0 atom stereocenters. The standard InChI is InChI=1S/C12H21N5O/c1-2-7-17-11(15-9-16-17)8-13-5-6-14-12(18)10-3-4-10/h9-10,13H,2-8H2,1H3,(H,14,18). The maximum Gasteiger partial charge on any atom is 0.223 e. The van der Waals surface area contributed by atoms with Crippen molar-refractivity contribution < 1.29 is 4.79 Å². The Kier molecular flexibility index (Phi) is 4.69. The molecule has 18 heavy (non-hydrogen) atoms. The van der Waals surface area contributed by atoms with Crippen molar-refractivity contribution in [1.82, 2.24) is 25.4 Å². The Labute approximate surface area is 107 Å². The summed E-state index contributed by atoms with van der Waals surface area (Å²) >= 11 is 0. The normalized spacial score (nSPS) is 14.7. The van der Waals surface area contributed by atoms with E-state index in [1.165, 1.54) is 0 Å². The molecule has 100 valence electrons. The molecule has 1 amide bonds. The van der Waals surface area contributed by atoms with E-state index in [0.717, 1.165) is 38.2 Å². The van der Waals surface area contributed by atoms with Gasteiger partial charge in [0.1, 0.15) is 12.2 Å². The molecule has 0 aromatic carbocycles. The topological polar surface area (TPSA) is 71.8 Å². The van der Waals surface area contributed by atoms with Gasteiger partial charge in [-0.25, -0.2) is 9.67 Å². The van der Waals surface area contributed by atoms with Gasteiger partial charge in [-0.3, -0.25) is 4.79 Å². The van der Waals surface area contributed by atoms with Crippen molar-refractivity contribution in [3.63, 3.8) is 0 Å². The lowest BCUT2D eigenvalue weighted by atomic mass is 10.4. The SMILES string of the molecule is CCCn1ncnc1CNCCNC(=O)C1CC1. The van der Waals surface area contributed by atoms with Crippen LogP contribution in [0.4, 0.5) is 0 Å². The van der Waals surface area contributed by atoms with Crippen LogP contribution in [0.5, 0.6) is 0 Å². The summed E-state index contributed by atoms with van der Waals surface area (Å²) in [6.45, 7) is 5.15. The molecular weight excluding hydrogens is 230 g/mol. The van der Waals surface area contributed by atoms with Crippen LogP contribution in [0.2, 0.25) is 0 Å². The van der Waals surface area contributed by atoms with Crippen molar-refractivity contribution in [2.45, 2.75) is 39.3 Å². The third-order valence-electron chi connectivity index (χ3n) is 2.96. The maximum absolute atomic E-state index is 11.4. The number of carbonyl (C=O) groups is 1. The summed E-state index contributed by atoms with van der Waals surface area (Å²) in [5, 5.41) is 10.3. The molecule has 2 rings (SSSR count). The number of aryl methyl sites for hydroxylation is 1. The van der Waals surface area contributed by atoms with Gasteiger partial charge in [-0.1, -0.05) is 6.92 Å². The van der Waals surface area contributed by atoms with Crippen molar-refractivity contribution in [2.24, 2.45) is 5.92 Å². The van der Waals surface area contributed by atoms with E-state index in [1.807, 2.05) is 4.68 Å². The second-order valence-electron chi connectivity index (χ2n) is 4.64. The van der Waals surface area contributed by atoms with Crippen LogP contribution in [0.3, 0.4) is 0 Å². The highest BCUT2D eigenvalue weighted by Gasteiger charge is 2.28. The number of nitrogens with zero attached hydrogens (tertiary/aromatic N) is 3. The van der Waals surface area contributed by atoms with Crippen LogP contribution in [0.15, 0.2) is 6.33 Å². The molecule has 0 saturated heterocycles. The number of carbonyl (C=O) groups excluding carboxylic acids is 1. The van der Waals surface area contributed by atoms with Gasteiger partial charge in [-0.05, 0) is 19.3 Å². The summed E-state index contributed by atoms with van der Waals surface area (Å²) in [6, 6.07) is 0. The van der Waals surface area contributed by atoms with Crippen molar-refractivity contribution in [3.8, 4) is 0 Å². The molecule has 6 nitrogen and oxygen atoms in total. The van der Waals surface area contributed by atoms with Crippen LogP contribution < -0.4 is 10.6 Å². The number of aromatic nitrogens is 3. The Bertz CT molecular complexity index is 386. The second kappa shape index (κ2) is 6.49. The van der Waals surface area contributed by atoms with E-state index in [4.69, 9.17) is 0 Å². The predicted molar refractivity (Wildman–Crippen MR) is 67.8 cm³/mol. The minimum Gasteiger partial charge on any atom is -0.355 e. The fraction of sp³-hybridized carbons (Fsp3) is 0.750. The molecule has 0 unspecified atom stereocenters. The number of hydrogen-bond acceptors (Lipinski definition) is 4. The smallest absolute Gasteiger partial charge is 0.223 e. The average Bonchev–Trinajstić information content (AvgIpc) is 3.13. The van der Waals surface area contributed by atoms with E-state index >= 15 is 0 Å². The quantitative estimate of drug-likeness (QED) is 0.652. The van der Waals surface area contributed by atoms with Gasteiger partial charge >= 0.3 is 0 Å². The molecular formula is C12H21N5O. The zero-order chi connectivity index (χ0) is 12.8. The maximum atomic E-state index is 11.4. The van der Waals surface area contributed by atoms with Gasteiger partial charge in [-0.15, -0.1) is 0 Å². The minimum absolute atomic E-state index is 0.200. The molecule has 0 aliphatic heterocycles. The molecule has 6 heteroatoms. The molecule has 1 aromatic rings. The Balaban J connectivity index is 1.59. The van der Waals surface area contributed by atoms with Gasteiger partial charge in [0, 0.05) is 25.6 Å². The predicted octanol–water partition coefficient (Wildman–Crippen LogP) is 0.304. The first-order chi connectivity index (χ1) is 8.81. The zero-order valence-electron chi connectivity index (χ0n) is 10.9. The van der Waals surface area contributed by atoms with Gasteiger partial charge in [-0.2, -0.15) is 5.10 Å². The summed E-state index contributed by atoms with van der Waals surface area (Å²) in [5.41, 5.74) is 0. The lowest BCUT2D eigenvalue weighted by molar-refractivity contribution is -0.122. The van der Waals surface area contributed by atoms with E-state index in [1.54, 1.807) is 6.33 Å². The van der Waals surface area contributed by atoms with Crippen molar-refractivity contribution in [1.29, 1.82) is 0 Å². The fourth-order valence-electron chi connectivity index (χ4n) is 1.79. The van der Waals surface area contributed by atoms with Gasteiger partial charge in [0.15, 0.2) is 0 Å². The van der Waals surface area contributed by atoms with Crippen LogP contribution in [0.1, 0.15) is 32.0 Å². The van der Waals surface area contributed by atoms with E-state index in [0.29, 0.717) is 13.1 Å². The minimum atomic E-state index is 0.200. The Morgan fingerprint density at radius 1 is 1.50 bits per heavy atom. The highest BCUT2D eigenvalue weighted by Crippen LogP contribution is 2.28. The Morgan fingerprint density at radius 2 is 2.33 bits per heavy atom. The number of nitrogens with one attached hydrogen (secondary N) is 2. The van der Waals surface area contributed by atoms with Gasteiger partial charge in [0.05, 0.1) is 6.54 Å². The fourth-order valence-corrected chi connectivity index (χ4v) is 1.79. The summed E-state index contributed by atoms with van der Waals surface area (Å²) in [7, 11) is 0. The first-order valence-corrected chi connectivity index (χ1v) is 6.66. The van der Waals surface area contributed by atoms with Gasteiger partial charge < -0.3 is 10.6 Å². The molecule has 0 radical (unpaired) electrons. The molecule has 1 aliphatic carbocycles. The van der Waals surface area contributed by atoms with Crippen LogP contribution in [-0.4, -0.2) is 33.8 Å². The Hall–Kier alpha value is -1.43. The second-order valence-corrected chi connectivity index (χ2v) is 4.64. The third-order valence-corrected chi connectivity index (χ3v) is 2.96. The molecule has 1 fully saturated rings. The summed E-state index contributed by atoms with van der Waals surface area (Å²) < 4.78 is 1.91. The summed E-state index contributed by atoms with van der Waals surface area (Å²) in [6.07, 6.45) is 4.74. The first kappa shape index (κ1) is 13.0. The monoisotopic (exact) mass is 251 g/mol.